The molecule has 0 aromatic heterocycles. The topological polar surface area (TPSA) is 29.1 Å². The Hall–Kier alpha value is -0.530. The van der Waals surface area contributed by atoms with Gasteiger partial charge in [-0.25, -0.2) is 0 Å². The Balaban J connectivity index is 2.10. The zero-order chi connectivity index (χ0) is 9.90. The van der Waals surface area contributed by atoms with Gasteiger partial charge in [-0.2, -0.15) is 0 Å². The van der Waals surface area contributed by atoms with Crippen molar-refractivity contribution in [2.45, 2.75) is 58.9 Å². The van der Waals surface area contributed by atoms with Crippen LogP contribution < -0.4 is 5.32 Å². The average molecular weight is 183 g/mol. The van der Waals surface area contributed by atoms with Gasteiger partial charge in [0.2, 0.25) is 5.91 Å². The number of hydrogen-bond donors (Lipinski definition) is 1. The van der Waals surface area contributed by atoms with Crippen molar-refractivity contribution in [3.63, 3.8) is 0 Å². The monoisotopic (exact) mass is 183 g/mol. The van der Waals surface area contributed by atoms with Crippen LogP contribution in [0.15, 0.2) is 0 Å². The largest absolute Gasteiger partial charge is 0.353 e. The van der Waals surface area contributed by atoms with E-state index in [1.165, 1.54) is 12.8 Å². The van der Waals surface area contributed by atoms with Crippen LogP contribution in [0, 0.1) is 5.41 Å². The highest BCUT2D eigenvalue weighted by molar-refractivity contribution is 5.78. The molecule has 0 bridgehead atoms. The Morgan fingerprint density at radius 2 is 2.15 bits per heavy atom. The minimum absolute atomic E-state index is 0.237. The fourth-order valence-corrected chi connectivity index (χ4v) is 1.77. The zero-order valence-electron chi connectivity index (χ0n) is 9.02. The molecule has 0 aromatic rings. The van der Waals surface area contributed by atoms with Gasteiger partial charge >= 0.3 is 0 Å². The number of carbonyl (C=O) groups is 1. The highest BCUT2D eigenvalue weighted by atomic mass is 16.1. The molecule has 1 atom stereocenters. The van der Waals surface area contributed by atoms with Gasteiger partial charge in [-0.1, -0.05) is 27.2 Å². The summed E-state index contributed by atoms with van der Waals surface area (Å²) in [5.74, 6) is 0.237. The molecule has 1 aliphatic rings. The van der Waals surface area contributed by atoms with Crippen molar-refractivity contribution >= 4 is 5.91 Å². The lowest BCUT2D eigenvalue weighted by molar-refractivity contribution is -0.119. The third-order valence-electron chi connectivity index (χ3n) is 2.56. The van der Waals surface area contributed by atoms with Crippen LogP contribution in [-0.2, 0) is 4.79 Å². The first kappa shape index (κ1) is 10.6. The van der Waals surface area contributed by atoms with E-state index in [0.29, 0.717) is 11.5 Å². The van der Waals surface area contributed by atoms with E-state index in [1.807, 2.05) is 0 Å². The third-order valence-corrected chi connectivity index (χ3v) is 2.56. The van der Waals surface area contributed by atoms with Crippen molar-refractivity contribution in [1.29, 1.82) is 0 Å². The van der Waals surface area contributed by atoms with E-state index in [9.17, 15) is 4.79 Å². The third kappa shape index (κ3) is 4.30. The highest BCUT2D eigenvalue weighted by Crippen LogP contribution is 2.23. The van der Waals surface area contributed by atoms with Crippen molar-refractivity contribution in [3.05, 3.63) is 0 Å². The van der Waals surface area contributed by atoms with Crippen molar-refractivity contribution in [3.8, 4) is 0 Å². The Kier molecular flexibility index (Phi) is 3.34. The van der Waals surface area contributed by atoms with Gasteiger partial charge in [-0.15, -0.1) is 0 Å². The van der Waals surface area contributed by atoms with E-state index in [4.69, 9.17) is 0 Å². The van der Waals surface area contributed by atoms with Gasteiger partial charge in [0.05, 0.1) is 0 Å². The summed E-state index contributed by atoms with van der Waals surface area (Å²) in [4.78, 5) is 10.9. The molecule has 1 saturated heterocycles. The van der Waals surface area contributed by atoms with Gasteiger partial charge in [0.15, 0.2) is 0 Å². The first-order chi connectivity index (χ1) is 5.97. The Labute approximate surface area is 81.1 Å². The molecule has 0 spiro atoms. The number of hydrogen-bond acceptors (Lipinski definition) is 1. The second-order valence-corrected chi connectivity index (χ2v) is 5.26. The number of amides is 1. The number of carbonyl (C=O) groups excluding carboxylic acids is 1. The summed E-state index contributed by atoms with van der Waals surface area (Å²) in [5, 5.41) is 3.00. The van der Waals surface area contributed by atoms with Gasteiger partial charge in [0, 0.05) is 12.5 Å². The zero-order valence-corrected chi connectivity index (χ0v) is 9.02. The summed E-state index contributed by atoms with van der Waals surface area (Å²) in [6.07, 6.45) is 5.42. The fourth-order valence-electron chi connectivity index (χ4n) is 1.77. The van der Waals surface area contributed by atoms with E-state index in [0.717, 1.165) is 19.3 Å². The molecular weight excluding hydrogens is 162 g/mol. The van der Waals surface area contributed by atoms with Crippen molar-refractivity contribution in [2.24, 2.45) is 5.41 Å². The summed E-state index contributed by atoms with van der Waals surface area (Å²) in [5.41, 5.74) is 0.433. The second kappa shape index (κ2) is 4.12. The lowest BCUT2D eigenvalue weighted by Gasteiger charge is -2.19. The molecule has 2 heteroatoms. The standard InChI is InChI=1S/C11H21NO/c1-11(2,3)8-4-5-9-6-7-10(13)12-9/h9H,4-8H2,1-3H3,(H,12,13)/t9-/m1/s1. The molecule has 1 heterocycles. The van der Waals surface area contributed by atoms with Crippen molar-refractivity contribution in [1.82, 2.24) is 5.32 Å². The van der Waals surface area contributed by atoms with Crippen molar-refractivity contribution < 1.29 is 4.79 Å². The van der Waals surface area contributed by atoms with Crippen LogP contribution in [0.3, 0.4) is 0 Å². The molecule has 0 radical (unpaired) electrons. The van der Waals surface area contributed by atoms with Gasteiger partial charge in [0.1, 0.15) is 0 Å². The minimum Gasteiger partial charge on any atom is -0.353 e. The first-order valence-electron chi connectivity index (χ1n) is 5.27. The van der Waals surface area contributed by atoms with Gasteiger partial charge in [0.25, 0.3) is 0 Å². The molecule has 0 saturated carbocycles. The Morgan fingerprint density at radius 3 is 2.62 bits per heavy atom. The summed E-state index contributed by atoms with van der Waals surface area (Å²) in [6, 6.07) is 0.467. The van der Waals surface area contributed by atoms with Crippen LogP contribution in [0.25, 0.3) is 0 Å². The van der Waals surface area contributed by atoms with E-state index in [2.05, 4.69) is 26.1 Å². The molecule has 1 rings (SSSR count). The summed E-state index contributed by atoms with van der Waals surface area (Å²) in [6.45, 7) is 6.79. The molecular formula is C11H21NO. The maximum atomic E-state index is 10.9. The van der Waals surface area contributed by atoms with Crippen LogP contribution in [-0.4, -0.2) is 11.9 Å². The molecule has 1 N–H and O–H groups in total. The number of nitrogens with one attached hydrogen (secondary N) is 1. The second-order valence-electron chi connectivity index (χ2n) is 5.26. The molecule has 2 nitrogen and oxygen atoms in total. The summed E-state index contributed by atoms with van der Waals surface area (Å²) in [7, 11) is 0. The average Bonchev–Trinajstić information content (AvgIpc) is 2.33. The fraction of sp³-hybridized carbons (Fsp3) is 0.909. The lowest BCUT2D eigenvalue weighted by atomic mass is 9.89. The van der Waals surface area contributed by atoms with Crippen LogP contribution >= 0.6 is 0 Å². The van der Waals surface area contributed by atoms with Gasteiger partial charge in [-0.3, -0.25) is 4.79 Å². The molecule has 1 fully saturated rings. The quantitative estimate of drug-likeness (QED) is 0.715. The Morgan fingerprint density at radius 1 is 1.46 bits per heavy atom. The van der Waals surface area contributed by atoms with Crippen LogP contribution in [0.5, 0.6) is 0 Å². The van der Waals surface area contributed by atoms with E-state index >= 15 is 0 Å². The molecule has 1 amide bonds. The van der Waals surface area contributed by atoms with E-state index in [-0.39, 0.29) is 5.91 Å². The predicted molar refractivity (Wildman–Crippen MR) is 54.5 cm³/mol. The van der Waals surface area contributed by atoms with Crippen LogP contribution in [0.4, 0.5) is 0 Å². The molecule has 1 aliphatic heterocycles. The maximum absolute atomic E-state index is 10.9. The van der Waals surface area contributed by atoms with Gasteiger partial charge in [-0.05, 0) is 24.7 Å². The van der Waals surface area contributed by atoms with Crippen LogP contribution in [0.1, 0.15) is 52.9 Å². The summed E-state index contributed by atoms with van der Waals surface area (Å²) >= 11 is 0. The molecule has 0 aromatic carbocycles. The molecule has 0 unspecified atom stereocenters. The SMILES string of the molecule is CC(C)(C)CCC[C@@H]1CCC(=O)N1. The molecule has 13 heavy (non-hydrogen) atoms. The summed E-state index contributed by atoms with van der Waals surface area (Å²) < 4.78 is 0. The van der Waals surface area contributed by atoms with Crippen molar-refractivity contribution in [2.75, 3.05) is 0 Å². The smallest absolute Gasteiger partial charge is 0.220 e. The van der Waals surface area contributed by atoms with E-state index in [1.54, 1.807) is 0 Å². The van der Waals surface area contributed by atoms with E-state index < -0.39 is 0 Å². The van der Waals surface area contributed by atoms with Gasteiger partial charge < -0.3 is 5.32 Å². The molecule has 76 valence electrons. The predicted octanol–water partition coefficient (Wildman–Crippen LogP) is 2.48. The normalized spacial score (nSPS) is 23.3. The maximum Gasteiger partial charge on any atom is 0.220 e. The molecule has 0 aliphatic carbocycles. The Bertz CT molecular complexity index is 181. The highest BCUT2D eigenvalue weighted by Gasteiger charge is 2.20. The first-order valence-corrected chi connectivity index (χ1v) is 5.27. The minimum atomic E-state index is 0.237. The number of rotatable bonds is 3. The lowest BCUT2D eigenvalue weighted by Crippen LogP contribution is -2.25. The van der Waals surface area contributed by atoms with Crippen LogP contribution in [0.2, 0.25) is 0 Å².